The molecule has 0 fully saturated rings. The Morgan fingerprint density at radius 3 is 1.72 bits per heavy atom. The Morgan fingerprint density at radius 1 is 0.759 bits per heavy atom. The van der Waals surface area contributed by atoms with E-state index in [-0.39, 0.29) is 6.61 Å². The van der Waals surface area contributed by atoms with Crippen LogP contribution in [0.1, 0.15) is 29.2 Å². The fourth-order valence-corrected chi connectivity index (χ4v) is 3.06. The molecule has 0 spiro atoms. The summed E-state index contributed by atoms with van der Waals surface area (Å²) in [4.78, 5) is 12.9. The van der Waals surface area contributed by atoms with Crippen molar-refractivity contribution in [2.24, 2.45) is 0 Å². The van der Waals surface area contributed by atoms with Crippen LogP contribution in [-0.4, -0.2) is 12.6 Å². The van der Waals surface area contributed by atoms with Crippen molar-refractivity contribution in [3.8, 4) is 0 Å². The summed E-state index contributed by atoms with van der Waals surface area (Å²) >= 11 is 0. The number of esters is 1. The molecule has 3 aromatic rings. The number of carbonyl (C=O) groups is 1. The third-order valence-corrected chi connectivity index (χ3v) is 4.36. The standard InChI is InChI=1S/C24H19F3O2/c1-2-29-23(28)22(18-11-7-4-8-12-18)21(17-9-5-3-6-10-17)19-13-15-20(16-14-19)24(25,26)27/h3-16H,2H2,1H3/b22-21+. The average Bonchev–Trinajstić information content (AvgIpc) is 2.73. The Hall–Kier alpha value is -3.34. The molecule has 0 aromatic heterocycles. The smallest absolute Gasteiger partial charge is 0.416 e. The van der Waals surface area contributed by atoms with Crippen LogP contribution in [0.2, 0.25) is 0 Å². The van der Waals surface area contributed by atoms with Crippen molar-refractivity contribution >= 4 is 17.1 Å². The predicted octanol–water partition coefficient (Wildman–Crippen LogP) is 6.23. The molecule has 0 aliphatic rings. The number of rotatable bonds is 5. The fraction of sp³-hybridized carbons (Fsp3) is 0.125. The molecule has 3 aromatic carbocycles. The van der Waals surface area contributed by atoms with E-state index in [0.29, 0.717) is 27.8 Å². The van der Waals surface area contributed by atoms with Crippen LogP contribution >= 0.6 is 0 Å². The molecule has 0 amide bonds. The van der Waals surface area contributed by atoms with E-state index in [2.05, 4.69) is 0 Å². The molecule has 2 nitrogen and oxygen atoms in total. The second-order valence-corrected chi connectivity index (χ2v) is 6.28. The van der Waals surface area contributed by atoms with Crippen LogP contribution < -0.4 is 0 Å². The second-order valence-electron chi connectivity index (χ2n) is 6.28. The summed E-state index contributed by atoms with van der Waals surface area (Å²) in [6.07, 6.45) is -4.43. The Bertz CT molecular complexity index is 990. The lowest BCUT2D eigenvalue weighted by Gasteiger charge is -2.17. The Morgan fingerprint density at radius 2 is 1.24 bits per heavy atom. The maximum atomic E-state index is 13.0. The molecule has 0 radical (unpaired) electrons. The van der Waals surface area contributed by atoms with Gasteiger partial charge in [-0.15, -0.1) is 0 Å². The first-order chi connectivity index (χ1) is 13.9. The highest BCUT2D eigenvalue weighted by Gasteiger charge is 2.30. The molecule has 0 saturated carbocycles. The van der Waals surface area contributed by atoms with E-state index in [1.54, 1.807) is 31.2 Å². The summed E-state index contributed by atoms with van der Waals surface area (Å²) < 4.78 is 44.3. The van der Waals surface area contributed by atoms with E-state index in [1.807, 2.05) is 36.4 Å². The lowest BCUT2D eigenvalue weighted by Crippen LogP contribution is -2.10. The molecule has 3 rings (SSSR count). The lowest BCUT2D eigenvalue weighted by molar-refractivity contribution is -0.138. The van der Waals surface area contributed by atoms with Gasteiger partial charge in [0.15, 0.2) is 0 Å². The zero-order chi connectivity index (χ0) is 20.9. The Labute approximate surface area is 167 Å². The van der Waals surface area contributed by atoms with Crippen molar-refractivity contribution < 1.29 is 22.7 Å². The molecule has 5 heteroatoms. The van der Waals surface area contributed by atoms with Gasteiger partial charge in [-0.25, -0.2) is 4.79 Å². The molecular formula is C24H19F3O2. The van der Waals surface area contributed by atoms with Crippen molar-refractivity contribution in [2.75, 3.05) is 6.61 Å². The minimum absolute atomic E-state index is 0.185. The van der Waals surface area contributed by atoms with Gasteiger partial charge in [0.25, 0.3) is 0 Å². The maximum absolute atomic E-state index is 13.0. The molecule has 0 N–H and O–H groups in total. The summed E-state index contributed by atoms with van der Waals surface area (Å²) in [5.74, 6) is -0.530. The van der Waals surface area contributed by atoms with Crippen LogP contribution in [0.25, 0.3) is 11.1 Å². The van der Waals surface area contributed by atoms with Crippen molar-refractivity contribution in [1.82, 2.24) is 0 Å². The largest absolute Gasteiger partial charge is 0.462 e. The maximum Gasteiger partial charge on any atom is 0.416 e. The molecular weight excluding hydrogens is 377 g/mol. The number of carbonyl (C=O) groups excluding carboxylic acids is 1. The molecule has 0 saturated heterocycles. The predicted molar refractivity (Wildman–Crippen MR) is 107 cm³/mol. The van der Waals surface area contributed by atoms with Crippen LogP contribution in [0.4, 0.5) is 13.2 Å². The highest BCUT2D eigenvalue weighted by molar-refractivity contribution is 6.26. The Kier molecular flexibility index (Phi) is 6.17. The summed E-state index contributed by atoms with van der Waals surface area (Å²) in [6.45, 7) is 1.89. The van der Waals surface area contributed by atoms with E-state index in [4.69, 9.17) is 4.74 Å². The minimum atomic E-state index is -4.43. The quantitative estimate of drug-likeness (QED) is 0.290. The summed E-state index contributed by atoms with van der Waals surface area (Å²) in [6, 6.07) is 22.9. The van der Waals surface area contributed by atoms with Crippen molar-refractivity contribution in [2.45, 2.75) is 13.1 Å². The molecule has 0 heterocycles. The van der Waals surface area contributed by atoms with Gasteiger partial charge in [0, 0.05) is 5.57 Å². The van der Waals surface area contributed by atoms with Crippen LogP contribution in [0.5, 0.6) is 0 Å². The number of benzene rings is 3. The van der Waals surface area contributed by atoms with E-state index >= 15 is 0 Å². The third-order valence-electron chi connectivity index (χ3n) is 4.36. The van der Waals surface area contributed by atoms with Gasteiger partial charge in [-0.1, -0.05) is 72.8 Å². The van der Waals surface area contributed by atoms with E-state index in [1.165, 1.54) is 12.1 Å². The first kappa shape index (κ1) is 20.4. The van der Waals surface area contributed by atoms with Gasteiger partial charge < -0.3 is 4.74 Å². The van der Waals surface area contributed by atoms with Crippen LogP contribution in [0.3, 0.4) is 0 Å². The SMILES string of the molecule is CCOC(=O)/C(=C(\c1ccccc1)c1ccc(C(F)(F)F)cc1)c1ccccc1. The summed E-state index contributed by atoms with van der Waals surface area (Å²) in [5, 5.41) is 0. The first-order valence-electron chi connectivity index (χ1n) is 9.11. The number of ether oxygens (including phenoxy) is 1. The van der Waals surface area contributed by atoms with Gasteiger partial charge >= 0.3 is 12.1 Å². The molecule has 0 bridgehead atoms. The van der Waals surface area contributed by atoms with E-state index in [0.717, 1.165) is 12.1 Å². The topological polar surface area (TPSA) is 26.3 Å². The zero-order valence-electron chi connectivity index (χ0n) is 15.7. The second kappa shape index (κ2) is 8.78. The van der Waals surface area contributed by atoms with Crippen molar-refractivity contribution in [3.63, 3.8) is 0 Å². The van der Waals surface area contributed by atoms with Crippen molar-refractivity contribution in [3.05, 3.63) is 107 Å². The Balaban J connectivity index is 2.29. The number of hydrogen-bond donors (Lipinski definition) is 0. The lowest BCUT2D eigenvalue weighted by atomic mass is 9.89. The van der Waals surface area contributed by atoms with Gasteiger partial charge in [-0.2, -0.15) is 13.2 Å². The molecule has 29 heavy (non-hydrogen) atoms. The van der Waals surface area contributed by atoms with E-state index < -0.39 is 17.7 Å². The highest BCUT2D eigenvalue weighted by Crippen LogP contribution is 2.35. The number of hydrogen-bond acceptors (Lipinski definition) is 2. The molecule has 0 aliphatic heterocycles. The normalized spacial score (nSPS) is 12.3. The van der Waals surface area contributed by atoms with Crippen LogP contribution in [0.15, 0.2) is 84.9 Å². The molecule has 0 aliphatic carbocycles. The summed E-state index contributed by atoms with van der Waals surface area (Å²) in [5.41, 5.74) is 1.91. The fourth-order valence-electron chi connectivity index (χ4n) is 3.06. The monoisotopic (exact) mass is 396 g/mol. The van der Waals surface area contributed by atoms with Gasteiger partial charge in [-0.05, 0) is 35.7 Å². The average molecular weight is 396 g/mol. The van der Waals surface area contributed by atoms with Crippen molar-refractivity contribution in [1.29, 1.82) is 0 Å². The van der Waals surface area contributed by atoms with E-state index in [9.17, 15) is 18.0 Å². The van der Waals surface area contributed by atoms with Gasteiger partial charge in [0.1, 0.15) is 0 Å². The summed E-state index contributed by atoms with van der Waals surface area (Å²) in [7, 11) is 0. The zero-order valence-corrected chi connectivity index (χ0v) is 15.7. The molecule has 0 atom stereocenters. The highest BCUT2D eigenvalue weighted by atomic mass is 19.4. The molecule has 148 valence electrons. The number of alkyl halides is 3. The first-order valence-corrected chi connectivity index (χ1v) is 9.11. The molecule has 0 unspecified atom stereocenters. The third kappa shape index (κ3) is 4.74. The van der Waals surface area contributed by atoms with Crippen LogP contribution in [-0.2, 0) is 15.7 Å². The van der Waals surface area contributed by atoms with Gasteiger partial charge in [-0.3, -0.25) is 0 Å². The number of halogens is 3. The minimum Gasteiger partial charge on any atom is -0.462 e. The van der Waals surface area contributed by atoms with Gasteiger partial charge in [0.05, 0.1) is 17.7 Å². The van der Waals surface area contributed by atoms with Crippen LogP contribution in [0, 0.1) is 0 Å². The van der Waals surface area contributed by atoms with Gasteiger partial charge in [0.2, 0.25) is 0 Å².